The van der Waals surface area contributed by atoms with Crippen molar-refractivity contribution in [1.29, 1.82) is 0 Å². The van der Waals surface area contributed by atoms with Crippen LogP contribution < -0.4 is 10.6 Å². The molecule has 3 rings (SSSR count). The van der Waals surface area contributed by atoms with Gasteiger partial charge in [0.1, 0.15) is 0 Å². The fourth-order valence-corrected chi connectivity index (χ4v) is 3.48. The standard InChI is InChI=1S/C16H27N5O2.2ClH/c1-12-11-23-6-5-21(12)4-3-18-16(22)15-9-17-8-14(15)13-7-19-20(2)10-13;;/h7,10,12,14-15,17H,3-6,8-9,11H2,1-2H3,(H,18,22);2*1H/t12?,14-,15+;;/m1../s1. The summed E-state index contributed by atoms with van der Waals surface area (Å²) >= 11 is 0. The number of nitrogens with one attached hydrogen (secondary N) is 2. The van der Waals surface area contributed by atoms with Gasteiger partial charge in [-0.15, -0.1) is 24.8 Å². The Hall–Kier alpha value is -0.860. The summed E-state index contributed by atoms with van der Waals surface area (Å²) in [6.45, 7) is 7.83. The highest BCUT2D eigenvalue weighted by Gasteiger charge is 2.34. The summed E-state index contributed by atoms with van der Waals surface area (Å²) in [6.07, 6.45) is 3.88. The van der Waals surface area contributed by atoms with Gasteiger partial charge in [0.25, 0.3) is 0 Å². The molecule has 3 atom stereocenters. The summed E-state index contributed by atoms with van der Waals surface area (Å²) < 4.78 is 7.23. The van der Waals surface area contributed by atoms with Gasteiger partial charge in [-0.05, 0) is 12.5 Å². The van der Waals surface area contributed by atoms with Crippen molar-refractivity contribution in [3.8, 4) is 0 Å². The molecule has 3 heterocycles. The molecule has 1 aromatic heterocycles. The normalized spacial score (nSPS) is 26.6. The molecular weight excluding hydrogens is 365 g/mol. The lowest BCUT2D eigenvalue weighted by molar-refractivity contribution is -0.125. The molecule has 144 valence electrons. The second kappa shape index (κ2) is 10.3. The number of aryl methyl sites for hydroxylation is 1. The maximum absolute atomic E-state index is 12.5. The molecular formula is C16H29Cl2N5O2. The summed E-state index contributed by atoms with van der Waals surface area (Å²) in [5, 5.41) is 10.7. The van der Waals surface area contributed by atoms with Crippen molar-refractivity contribution in [2.45, 2.75) is 18.9 Å². The Morgan fingerprint density at radius 3 is 2.92 bits per heavy atom. The largest absolute Gasteiger partial charge is 0.379 e. The van der Waals surface area contributed by atoms with Crippen molar-refractivity contribution in [2.24, 2.45) is 13.0 Å². The molecule has 2 aliphatic heterocycles. The molecule has 0 radical (unpaired) electrons. The third-order valence-electron chi connectivity index (χ3n) is 4.91. The zero-order chi connectivity index (χ0) is 16.2. The number of hydrogen-bond acceptors (Lipinski definition) is 5. The number of carbonyl (C=O) groups excluding carboxylic acids is 1. The lowest BCUT2D eigenvalue weighted by Gasteiger charge is -2.33. The van der Waals surface area contributed by atoms with E-state index in [4.69, 9.17) is 4.74 Å². The second-order valence-electron chi connectivity index (χ2n) is 6.57. The Labute approximate surface area is 161 Å². The molecule has 0 saturated carbocycles. The second-order valence-corrected chi connectivity index (χ2v) is 6.57. The minimum absolute atomic E-state index is 0. The van der Waals surface area contributed by atoms with Crippen LogP contribution in [0.25, 0.3) is 0 Å². The lowest BCUT2D eigenvalue weighted by atomic mass is 9.90. The molecule has 0 bridgehead atoms. The van der Waals surface area contributed by atoms with Gasteiger partial charge >= 0.3 is 0 Å². The van der Waals surface area contributed by atoms with Gasteiger partial charge < -0.3 is 15.4 Å². The van der Waals surface area contributed by atoms with E-state index in [2.05, 4.69) is 27.6 Å². The molecule has 1 unspecified atom stereocenters. The predicted octanol–water partition coefficient (Wildman–Crippen LogP) is 0.404. The van der Waals surface area contributed by atoms with Gasteiger partial charge in [0.15, 0.2) is 0 Å². The van der Waals surface area contributed by atoms with Crippen LogP contribution in [0.3, 0.4) is 0 Å². The van der Waals surface area contributed by atoms with Gasteiger partial charge in [0, 0.05) is 57.9 Å². The maximum Gasteiger partial charge on any atom is 0.225 e. The van der Waals surface area contributed by atoms with Gasteiger partial charge in [-0.2, -0.15) is 5.10 Å². The summed E-state index contributed by atoms with van der Waals surface area (Å²) in [4.78, 5) is 14.9. The third-order valence-corrected chi connectivity index (χ3v) is 4.91. The molecule has 2 fully saturated rings. The number of ether oxygens (including phenoxy) is 1. The van der Waals surface area contributed by atoms with Crippen LogP contribution in [0.4, 0.5) is 0 Å². The summed E-state index contributed by atoms with van der Waals surface area (Å²) in [5.74, 6) is 0.345. The van der Waals surface area contributed by atoms with Crippen molar-refractivity contribution in [3.63, 3.8) is 0 Å². The van der Waals surface area contributed by atoms with Gasteiger partial charge in [-0.25, -0.2) is 0 Å². The molecule has 1 amide bonds. The van der Waals surface area contributed by atoms with Crippen LogP contribution in [0.5, 0.6) is 0 Å². The molecule has 1 aromatic rings. The Balaban J connectivity index is 0.00000156. The van der Waals surface area contributed by atoms with E-state index < -0.39 is 0 Å². The predicted molar refractivity (Wildman–Crippen MR) is 102 cm³/mol. The number of halogens is 2. The molecule has 0 spiro atoms. The number of aromatic nitrogens is 2. The fourth-order valence-electron chi connectivity index (χ4n) is 3.48. The monoisotopic (exact) mass is 393 g/mol. The highest BCUT2D eigenvalue weighted by molar-refractivity contribution is 5.85. The van der Waals surface area contributed by atoms with Gasteiger partial charge in [-0.1, -0.05) is 0 Å². The fraction of sp³-hybridized carbons (Fsp3) is 0.750. The van der Waals surface area contributed by atoms with E-state index in [1.165, 1.54) is 0 Å². The highest BCUT2D eigenvalue weighted by Crippen LogP contribution is 2.27. The first-order valence-corrected chi connectivity index (χ1v) is 8.44. The van der Waals surface area contributed by atoms with E-state index in [-0.39, 0.29) is 42.6 Å². The van der Waals surface area contributed by atoms with Crippen LogP contribution in [-0.4, -0.2) is 72.6 Å². The molecule has 25 heavy (non-hydrogen) atoms. The van der Waals surface area contributed by atoms with E-state index in [0.29, 0.717) is 12.6 Å². The van der Waals surface area contributed by atoms with Crippen LogP contribution in [0.1, 0.15) is 18.4 Å². The molecule has 2 saturated heterocycles. The maximum atomic E-state index is 12.5. The first-order valence-electron chi connectivity index (χ1n) is 8.44. The molecule has 7 nitrogen and oxygen atoms in total. The Kier molecular flexibility index (Phi) is 9.16. The van der Waals surface area contributed by atoms with E-state index in [1.807, 2.05) is 19.4 Å². The number of amides is 1. The van der Waals surface area contributed by atoms with E-state index in [9.17, 15) is 4.79 Å². The molecule has 9 heteroatoms. The van der Waals surface area contributed by atoms with Crippen molar-refractivity contribution in [2.75, 3.05) is 45.9 Å². The minimum atomic E-state index is -0.0127. The smallest absolute Gasteiger partial charge is 0.225 e. The zero-order valence-corrected chi connectivity index (χ0v) is 16.4. The molecule has 2 aliphatic rings. The van der Waals surface area contributed by atoms with Crippen molar-refractivity contribution in [1.82, 2.24) is 25.3 Å². The Morgan fingerprint density at radius 2 is 2.24 bits per heavy atom. The van der Waals surface area contributed by atoms with E-state index >= 15 is 0 Å². The van der Waals surface area contributed by atoms with Crippen LogP contribution in [0.15, 0.2) is 12.4 Å². The van der Waals surface area contributed by atoms with Crippen LogP contribution in [-0.2, 0) is 16.6 Å². The van der Waals surface area contributed by atoms with Crippen LogP contribution >= 0.6 is 24.8 Å². The lowest BCUT2D eigenvalue weighted by Crippen LogP contribution is -2.47. The van der Waals surface area contributed by atoms with Crippen molar-refractivity contribution < 1.29 is 9.53 Å². The van der Waals surface area contributed by atoms with Crippen LogP contribution in [0, 0.1) is 5.92 Å². The Bertz CT molecular complexity index is 542. The molecule has 0 aliphatic carbocycles. The number of nitrogens with zero attached hydrogens (tertiary/aromatic N) is 3. The van der Waals surface area contributed by atoms with Crippen molar-refractivity contribution >= 4 is 30.7 Å². The van der Waals surface area contributed by atoms with Gasteiger partial charge in [0.2, 0.25) is 5.91 Å². The quantitative estimate of drug-likeness (QED) is 0.757. The average molecular weight is 394 g/mol. The van der Waals surface area contributed by atoms with Crippen LogP contribution in [0.2, 0.25) is 0 Å². The van der Waals surface area contributed by atoms with E-state index in [1.54, 1.807) is 4.68 Å². The van der Waals surface area contributed by atoms with Crippen molar-refractivity contribution in [3.05, 3.63) is 18.0 Å². The number of carbonyl (C=O) groups is 1. The van der Waals surface area contributed by atoms with E-state index in [0.717, 1.165) is 45.0 Å². The number of morpholine rings is 1. The first kappa shape index (κ1) is 22.2. The topological polar surface area (TPSA) is 71.4 Å². The minimum Gasteiger partial charge on any atom is -0.379 e. The van der Waals surface area contributed by atoms with Gasteiger partial charge in [-0.3, -0.25) is 14.4 Å². The SMILES string of the molecule is CC1COCCN1CCNC(=O)[C@H]1CNC[C@@H]1c1cnn(C)c1.Cl.Cl. The third kappa shape index (κ3) is 5.56. The molecule has 0 aromatic carbocycles. The van der Waals surface area contributed by atoms with Gasteiger partial charge in [0.05, 0.1) is 25.3 Å². The average Bonchev–Trinajstić information content (AvgIpc) is 3.17. The number of hydrogen-bond donors (Lipinski definition) is 2. The summed E-state index contributed by atoms with van der Waals surface area (Å²) in [7, 11) is 1.91. The zero-order valence-electron chi connectivity index (χ0n) is 14.8. The Morgan fingerprint density at radius 1 is 1.44 bits per heavy atom. The molecule has 2 N–H and O–H groups in total. The first-order chi connectivity index (χ1) is 11.1. The summed E-state index contributed by atoms with van der Waals surface area (Å²) in [6, 6.07) is 0.428. The number of rotatable bonds is 5. The summed E-state index contributed by atoms with van der Waals surface area (Å²) in [5.41, 5.74) is 1.14. The highest BCUT2D eigenvalue weighted by atomic mass is 35.5.